The largest absolute Gasteiger partial charge is 0.389 e. The summed E-state index contributed by atoms with van der Waals surface area (Å²) < 4.78 is 35.3. The first kappa shape index (κ1) is 15.6. The molecule has 0 spiro atoms. The summed E-state index contributed by atoms with van der Waals surface area (Å²) in [4.78, 5) is 11.4. The molecule has 2 nitrogen and oxygen atoms in total. The van der Waals surface area contributed by atoms with Gasteiger partial charge in [0.05, 0.1) is 5.41 Å². The van der Waals surface area contributed by atoms with E-state index in [1.54, 1.807) is 13.8 Å². The highest BCUT2D eigenvalue weighted by Crippen LogP contribution is 2.22. The van der Waals surface area contributed by atoms with Gasteiger partial charge in [0.25, 0.3) is 0 Å². The standard InChI is InChI=1S/C10H17ClF3NO/c1-9(2,7-11)8(16)15-6-4-3-5-10(12,13)14/h3-7H2,1-2H3,(H,15,16). The Morgan fingerprint density at radius 2 is 1.81 bits per heavy atom. The van der Waals surface area contributed by atoms with E-state index in [4.69, 9.17) is 11.6 Å². The topological polar surface area (TPSA) is 29.1 Å². The fourth-order valence-electron chi connectivity index (χ4n) is 0.952. The lowest BCUT2D eigenvalue weighted by molar-refractivity contribution is -0.135. The van der Waals surface area contributed by atoms with Crippen molar-refractivity contribution in [3.63, 3.8) is 0 Å². The lowest BCUT2D eigenvalue weighted by atomic mass is 9.95. The van der Waals surface area contributed by atoms with E-state index in [0.29, 0.717) is 6.42 Å². The number of hydrogen-bond donors (Lipinski definition) is 1. The van der Waals surface area contributed by atoms with Gasteiger partial charge in [-0.3, -0.25) is 4.79 Å². The van der Waals surface area contributed by atoms with Crippen LogP contribution in [0.5, 0.6) is 0 Å². The fraction of sp³-hybridized carbons (Fsp3) is 0.900. The van der Waals surface area contributed by atoms with Gasteiger partial charge in [0.1, 0.15) is 0 Å². The van der Waals surface area contributed by atoms with E-state index in [0.717, 1.165) is 0 Å². The monoisotopic (exact) mass is 259 g/mol. The zero-order chi connectivity index (χ0) is 12.8. The van der Waals surface area contributed by atoms with Crippen LogP contribution in [-0.4, -0.2) is 24.5 Å². The fourth-order valence-corrected chi connectivity index (χ4v) is 1.07. The van der Waals surface area contributed by atoms with Gasteiger partial charge in [-0.2, -0.15) is 13.2 Å². The highest BCUT2D eigenvalue weighted by molar-refractivity contribution is 6.19. The van der Waals surface area contributed by atoms with Crippen LogP contribution in [0.4, 0.5) is 13.2 Å². The van der Waals surface area contributed by atoms with Crippen molar-refractivity contribution in [1.82, 2.24) is 5.32 Å². The molecule has 0 aliphatic carbocycles. The van der Waals surface area contributed by atoms with E-state index in [1.807, 2.05) is 0 Å². The summed E-state index contributed by atoms with van der Waals surface area (Å²) in [6, 6.07) is 0. The normalized spacial score (nSPS) is 12.6. The molecule has 0 aromatic heterocycles. The molecule has 1 amide bonds. The van der Waals surface area contributed by atoms with Gasteiger partial charge in [0.15, 0.2) is 0 Å². The lowest BCUT2D eigenvalue weighted by Crippen LogP contribution is -2.38. The minimum atomic E-state index is -4.11. The van der Waals surface area contributed by atoms with E-state index < -0.39 is 18.0 Å². The highest BCUT2D eigenvalue weighted by Gasteiger charge is 2.27. The Morgan fingerprint density at radius 1 is 1.25 bits per heavy atom. The maximum absolute atomic E-state index is 11.8. The molecule has 0 aliphatic heterocycles. The molecule has 96 valence electrons. The average Bonchev–Trinajstić information content (AvgIpc) is 2.15. The summed E-state index contributed by atoms with van der Waals surface area (Å²) >= 11 is 5.58. The van der Waals surface area contributed by atoms with Crippen molar-refractivity contribution in [3.8, 4) is 0 Å². The van der Waals surface area contributed by atoms with Gasteiger partial charge in [0, 0.05) is 18.8 Å². The molecule has 0 aliphatic rings. The third-order valence-electron chi connectivity index (χ3n) is 2.12. The van der Waals surface area contributed by atoms with Gasteiger partial charge in [-0.15, -0.1) is 11.6 Å². The summed E-state index contributed by atoms with van der Waals surface area (Å²) in [6.45, 7) is 3.63. The number of amides is 1. The van der Waals surface area contributed by atoms with Crippen LogP contribution in [0.3, 0.4) is 0 Å². The summed E-state index contributed by atoms with van der Waals surface area (Å²) in [5, 5.41) is 2.57. The number of alkyl halides is 4. The summed E-state index contributed by atoms with van der Waals surface area (Å²) in [5.41, 5.74) is -0.675. The first-order chi connectivity index (χ1) is 7.19. The second kappa shape index (κ2) is 6.33. The first-order valence-corrected chi connectivity index (χ1v) is 5.63. The second-order valence-corrected chi connectivity index (χ2v) is 4.61. The molecule has 0 aromatic rings. The van der Waals surface area contributed by atoms with Crippen LogP contribution in [0.1, 0.15) is 33.1 Å². The Balaban J connectivity index is 3.64. The summed E-state index contributed by atoms with van der Waals surface area (Å²) in [7, 11) is 0. The molecular formula is C10H17ClF3NO. The molecular weight excluding hydrogens is 243 g/mol. The van der Waals surface area contributed by atoms with Crippen molar-refractivity contribution in [2.45, 2.75) is 39.3 Å². The van der Waals surface area contributed by atoms with Crippen LogP contribution in [0.2, 0.25) is 0 Å². The molecule has 0 atom stereocenters. The maximum Gasteiger partial charge on any atom is 0.389 e. The zero-order valence-corrected chi connectivity index (χ0v) is 10.2. The highest BCUT2D eigenvalue weighted by atomic mass is 35.5. The van der Waals surface area contributed by atoms with Crippen LogP contribution < -0.4 is 5.32 Å². The smallest absolute Gasteiger partial charge is 0.356 e. The summed E-state index contributed by atoms with van der Waals surface area (Å²) in [5.74, 6) is -0.0454. The number of nitrogens with one attached hydrogen (secondary N) is 1. The summed E-state index contributed by atoms with van der Waals surface area (Å²) in [6.07, 6.45) is -4.56. The number of carbonyl (C=O) groups is 1. The number of rotatable bonds is 6. The van der Waals surface area contributed by atoms with Crippen molar-refractivity contribution in [2.24, 2.45) is 5.41 Å². The Morgan fingerprint density at radius 3 is 2.25 bits per heavy atom. The van der Waals surface area contributed by atoms with Crippen LogP contribution in [-0.2, 0) is 4.79 Å². The van der Waals surface area contributed by atoms with E-state index in [-0.39, 0.29) is 24.8 Å². The predicted molar refractivity (Wildman–Crippen MR) is 57.4 cm³/mol. The van der Waals surface area contributed by atoms with E-state index >= 15 is 0 Å². The van der Waals surface area contributed by atoms with Gasteiger partial charge in [-0.1, -0.05) is 0 Å². The number of unbranched alkanes of at least 4 members (excludes halogenated alkanes) is 1. The van der Waals surface area contributed by atoms with Gasteiger partial charge < -0.3 is 5.32 Å². The van der Waals surface area contributed by atoms with Gasteiger partial charge in [-0.25, -0.2) is 0 Å². The number of halogens is 4. The number of hydrogen-bond acceptors (Lipinski definition) is 1. The first-order valence-electron chi connectivity index (χ1n) is 5.10. The van der Waals surface area contributed by atoms with Crippen LogP contribution in [0.25, 0.3) is 0 Å². The van der Waals surface area contributed by atoms with Gasteiger partial charge >= 0.3 is 6.18 Å². The Hall–Kier alpha value is -0.450. The van der Waals surface area contributed by atoms with E-state index in [1.165, 1.54) is 0 Å². The molecule has 0 fully saturated rings. The molecule has 0 saturated heterocycles. The van der Waals surface area contributed by atoms with E-state index in [2.05, 4.69) is 5.32 Å². The van der Waals surface area contributed by atoms with Crippen molar-refractivity contribution in [2.75, 3.05) is 12.4 Å². The molecule has 0 unspecified atom stereocenters. The van der Waals surface area contributed by atoms with Crippen LogP contribution in [0, 0.1) is 5.41 Å². The average molecular weight is 260 g/mol. The van der Waals surface area contributed by atoms with Crippen molar-refractivity contribution >= 4 is 17.5 Å². The van der Waals surface area contributed by atoms with Crippen molar-refractivity contribution in [3.05, 3.63) is 0 Å². The Labute approximate surface area is 98.5 Å². The van der Waals surface area contributed by atoms with Crippen molar-refractivity contribution < 1.29 is 18.0 Å². The van der Waals surface area contributed by atoms with Gasteiger partial charge in [-0.05, 0) is 26.7 Å². The minimum absolute atomic E-state index is 0.0328. The second-order valence-electron chi connectivity index (χ2n) is 4.35. The third kappa shape index (κ3) is 6.93. The molecule has 1 N–H and O–H groups in total. The lowest BCUT2D eigenvalue weighted by Gasteiger charge is -2.20. The van der Waals surface area contributed by atoms with Crippen LogP contribution in [0.15, 0.2) is 0 Å². The zero-order valence-electron chi connectivity index (χ0n) is 9.46. The molecule has 0 bridgehead atoms. The van der Waals surface area contributed by atoms with Crippen molar-refractivity contribution in [1.29, 1.82) is 0 Å². The van der Waals surface area contributed by atoms with Crippen LogP contribution >= 0.6 is 11.6 Å². The maximum atomic E-state index is 11.8. The molecule has 6 heteroatoms. The predicted octanol–water partition coefficient (Wildman–Crippen LogP) is 3.10. The minimum Gasteiger partial charge on any atom is -0.356 e. The number of carbonyl (C=O) groups excluding carboxylic acids is 1. The van der Waals surface area contributed by atoms with E-state index in [9.17, 15) is 18.0 Å². The molecule has 0 heterocycles. The molecule has 0 aromatic carbocycles. The quantitative estimate of drug-likeness (QED) is 0.576. The third-order valence-corrected chi connectivity index (χ3v) is 2.79. The van der Waals surface area contributed by atoms with Gasteiger partial charge in [0.2, 0.25) is 5.91 Å². The molecule has 0 radical (unpaired) electrons. The molecule has 0 saturated carbocycles. The Bertz CT molecular complexity index is 229. The Kier molecular flexibility index (Phi) is 6.15. The molecule has 0 rings (SSSR count). The SMILES string of the molecule is CC(C)(CCl)C(=O)NCCCCC(F)(F)F. The molecule has 16 heavy (non-hydrogen) atoms.